The van der Waals surface area contributed by atoms with Crippen LogP contribution in [0.5, 0.6) is 11.5 Å². The van der Waals surface area contributed by atoms with Gasteiger partial charge in [0.05, 0.1) is 6.61 Å². The number of hydrogen-bond acceptors (Lipinski definition) is 2. The van der Waals surface area contributed by atoms with Crippen LogP contribution < -0.4 is 4.74 Å². The fraction of sp³-hybridized carbons (Fsp3) is 0.250. The van der Waals surface area contributed by atoms with E-state index in [9.17, 15) is 5.11 Å². The molecule has 0 fully saturated rings. The summed E-state index contributed by atoms with van der Waals surface area (Å²) in [6, 6.07) is 15.6. The molecule has 0 aliphatic rings. The first-order valence-electron chi connectivity index (χ1n) is 6.17. The number of rotatable bonds is 4. The highest BCUT2D eigenvalue weighted by Crippen LogP contribution is 2.26. The van der Waals surface area contributed by atoms with E-state index < -0.39 is 0 Å². The smallest absolute Gasteiger partial charge is 0.132 e. The van der Waals surface area contributed by atoms with Gasteiger partial charge in [0, 0.05) is 5.56 Å². The Morgan fingerprint density at radius 3 is 2.28 bits per heavy atom. The molecule has 0 radical (unpaired) electrons. The third-order valence-corrected chi connectivity index (χ3v) is 2.92. The van der Waals surface area contributed by atoms with Crippen LogP contribution in [0.2, 0.25) is 0 Å². The Kier molecular flexibility index (Phi) is 4.00. The average Bonchev–Trinajstić information content (AvgIpc) is 2.40. The number of hydrogen-bond donors (Lipinski definition) is 1. The van der Waals surface area contributed by atoms with E-state index in [2.05, 4.69) is 26.0 Å². The lowest BCUT2D eigenvalue weighted by atomic mass is 10.0. The molecule has 0 aromatic heterocycles. The lowest BCUT2D eigenvalue weighted by Crippen LogP contribution is -1.92. The molecule has 0 saturated carbocycles. The van der Waals surface area contributed by atoms with Crippen LogP contribution in [0.1, 0.15) is 30.9 Å². The molecular formula is C16H18O2. The van der Waals surface area contributed by atoms with Crippen LogP contribution in [0.15, 0.2) is 48.5 Å². The molecule has 2 rings (SSSR count). The van der Waals surface area contributed by atoms with Crippen LogP contribution >= 0.6 is 0 Å². The van der Waals surface area contributed by atoms with E-state index in [1.165, 1.54) is 5.56 Å². The highest BCUT2D eigenvalue weighted by Gasteiger charge is 2.04. The van der Waals surface area contributed by atoms with Crippen LogP contribution in [-0.4, -0.2) is 5.11 Å². The molecule has 0 aliphatic carbocycles. The second-order valence-corrected chi connectivity index (χ2v) is 4.59. The summed E-state index contributed by atoms with van der Waals surface area (Å²) in [5, 5.41) is 9.23. The SMILES string of the molecule is CC(C)c1ccc(Oc2ccccc2CO)cc1. The quantitative estimate of drug-likeness (QED) is 0.874. The summed E-state index contributed by atoms with van der Waals surface area (Å²) in [5.41, 5.74) is 2.09. The van der Waals surface area contributed by atoms with Gasteiger partial charge in [0.25, 0.3) is 0 Å². The Balaban J connectivity index is 2.18. The molecule has 2 nitrogen and oxygen atoms in total. The highest BCUT2D eigenvalue weighted by atomic mass is 16.5. The Morgan fingerprint density at radius 1 is 1.00 bits per heavy atom. The Hall–Kier alpha value is -1.80. The van der Waals surface area contributed by atoms with Gasteiger partial charge in [0.15, 0.2) is 0 Å². The molecule has 2 aromatic rings. The zero-order valence-electron chi connectivity index (χ0n) is 10.8. The first-order chi connectivity index (χ1) is 8.70. The van der Waals surface area contributed by atoms with Crippen molar-refractivity contribution in [1.29, 1.82) is 0 Å². The largest absolute Gasteiger partial charge is 0.457 e. The van der Waals surface area contributed by atoms with Gasteiger partial charge in [0.1, 0.15) is 11.5 Å². The summed E-state index contributed by atoms with van der Waals surface area (Å²) in [4.78, 5) is 0. The Morgan fingerprint density at radius 2 is 1.67 bits per heavy atom. The van der Waals surface area contributed by atoms with Crippen molar-refractivity contribution in [1.82, 2.24) is 0 Å². The van der Waals surface area contributed by atoms with Crippen molar-refractivity contribution in [2.45, 2.75) is 26.4 Å². The second kappa shape index (κ2) is 5.69. The topological polar surface area (TPSA) is 29.5 Å². The van der Waals surface area contributed by atoms with Crippen molar-refractivity contribution in [2.75, 3.05) is 0 Å². The van der Waals surface area contributed by atoms with Crippen molar-refractivity contribution in [3.63, 3.8) is 0 Å². The number of aliphatic hydroxyl groups is 1. The number of aliphatic hydroxyl groups excluding tert-OH is 1. The summed E-state index contributed by atoms with van der Waals surface area (Å²) in [7, 11) is 0. The lowest BCUT2D eigenvalue weighted by Gasteiger charge is -2.11. The number of para-hydroxylation sites is 1. The van der Waals surface area contributed by atoms with E-state index in [4.69, 9.17) is 4.74 Å². The van der Waals surface area contributed by atoms with Gasteiger partial charge in [-0.2, -0.15) is 0 Å². The number of benzene rings is 2. The van der Waals surface area contributed by atoms with Gasteiger partial charge in [-0.15, -0.1) is 0 Å². The predicted octanol–water partition coefficient (Wildman–Crippen LogP) is 4.09. The maximum Gasteiger partial charge on any atom is 0.132 e. The molecule has 0 aliphatic heterocycles. The van der Waals surface area contributed by atoms with Crippen molar-refractivity contribution in [2.24, 2.45) is 0 Å². The second-order valence-electron chi connectivity index (χ2n) is 4.59. The molecule has 2 aromatic carbocycles. The van der Waals surface area contributed by atoms with Gasteiger partial charge in [-0.1, -0.05) is 44.2 Å². The van der Waals surface area contributed by atoms with Gasteiger partial charge >= 0.3 is 0 Å². The fourth-order valence-electron chi connectivity index (χ4n) is 1.78. The third-order valence-electron chi connectivity index (χ3n) is 2.92. The van der Waals surface area contributed by atoms with Crippen molar-refractivity contribution in [3.8, 4) is 11.5 Å². The highest BCUT2D eigenvalue weighted by molar-refractivity contribution is 5.38. The van der Waals surface area contributed by atoms with Gasteiger partial charge in [0.2, 0.25) is 0 Å². The molecule has 0 bridgehead atoms. The molecule has 1 N–H and O–H groups in total. The predicted molar refractivity (Wildman–Crippen MR) is 73.0 cm³/mol. The van der Waals surface area contributed by atoms with Crippen molar-refractivity contribution in [3.05, 3.63) is 59.7 Å². The lowest BCUT2D eigenvalue weighted by molar-refractivity contribution is 0.276. The molecule has 0 spiro atoms. The molecule has 18 heavy (non-hydrogen) atoms. The summed E-state index contributed by atoms with van der Waals surface area (Å²) >= 11 is 0. The summed E-state index contributed by atoms with van der Waals surface area (Å²) in [6.45, 7) is 4.31. The monoisotopic (exact) mass is 242 g/mol. The van der Waals surface area contributed by atoms with E-state index in [-0.39, 0.29) is 6.61 Å². The normalized spacial score (nSPS) is 10.7. The van der Waals surface area contributed by atoms with Gasteiger partial charge in [-0.05, 0) is 29.7 Å². The zero-order valence-corrected chi connectivity index (χ0v) is 10.8. The minimum Gasteiger partial charge on any atom is -0.457 e. The number of ether oxygens (including phenoxy) is 1. The molecule has 0 atom stereocenters. The summed E-state index contributed by atoms with van der Waals surface area (Å²) in [5.74, 6) is 2.02. The van der Waals surface area contributed by atoms with Crippen LogP contribution in [0.4, 0.5) is 0 Å². The first-order valence-corrected chi connectivity index (χ1v) is 6.17. The Bertz CT molecular complexity index is 501. The molecular weight excluding hydrogens is 224 g/mol. The van der Waals surface area contributed by atoms with Gasteiger partial charge in [-0.25, -0.2) is 0 Å². The van der Waals surface area contributed by atoms with Gasteiger partial charge in [-0.3, -0.25) is 0 Å². The molecule has 0 heterocycles. The maximum atomic E-state index is 9.23. The minimum absolute atomic E-state index is 0.0136. The van der Waals surface area contributed by atoms with Gasteiger partial charge < -0.3 is 9.84 Å². The van der Waals surface area contributed by atoms with Crippen LogP contribution in [0.25, 0.3) is 0 Å². The Labute approximate surface area is 108 Å². The molecule has 94 valence electrons. The van der Waals surface area contributed by atoms with E-state index in [0.29, 0.717) is 11.7 Å². The summed E-state index contributed by atoms with van der Waals surface area (Å²) in [6.07, 6.45) is 0. The molecule has 0 saturated heterocycles. The van der Waals surface area contributed by atoms with Crippen LogP contribution in [0.3, 0.4) is 0 Å². The van der Waals surface area contributed by atoms with Crippen molar-refractivity contribution < 1.29 is 9.84 Å². The zero-order chi connectivity index (χ0) is 13.0. The third kappa shape index (κ3) is 2.90. The average molecular weight is 242 g/mol. The van der Waals surface area contributed by atoms with E-state index >= 15 is 0 Å². The van der Waals surface area contributed by atoms with E-state index in [1.54, 1.807) is 0 Å². The standard InChI is InChI=1S/C16H18O2/c1-12(2)13-7-9-15(10-8-13)18-16-6-4-3-5-14(16)11-17/h3-10,12,17H,11H2,1-2H3. The summed E-state index contributed by atoms with van der Waals surface area (Å²) < 4.78 is 5.78. The first kappa shape index (κ1) is 12.7. The van der Waals surface area contributed by atoms with Crippen LogP contribution in [-0.2, 0) is 6.61 Å². The molecule has 0 unspecified atom stereocenters. The fourth-order valence-corrected chi connectivity index (χ4v) is 1.78. The molecule has 2 heteroatoms. The molecule has 0 amide bonds. The van der Waals surface area contributed by atoms with Crippen molar-refractivity contribution >= 4 is 0 Å². The minimum atomic E-state index is -0.0136. The maximum absolute atomic E-state index is 9.23. The van der Waals surface area contributed by atoms with E-state index in [0.717, 1.165) is 11.3 Å². The van der Waals surface area contributed by atoms with E-state index in [1.807, 2.05) is 36.4 Å². The van der Waals surface area contributed by atoms with Crippen LogP contribution in [0, 0.1) is 0 Å².